The third kappa shape index (κ3) is 5.37. The van der Waals surface area contributed by atoms with Crippen LogP contribution in [-0.4, -0.2) is 109 Å². The van der Waals surface area contributed by atoms with Crippen LogP contribution < -0.4 is 5.32 Å². The number of β-amino-alcohol motifs (C(OH)–C–C–N with tert-alkyl or cyclic N) is 1. The largest absolute Gasteiger partial charge is 0.396 e. The predicted molar refractivity (Wildman–Crippen MR) is 101 cm³/mol. The summed E-state index contributed by atoms with van der Waals surface area (Å²) in [6.45, 7) is 10.5. The molecule has 6 nitrogen and oxygen atoms in total. The number of piperidine rings is 2. The van der Waals surface area contributed by atoms with Crippen molar-refractivity contribution in [2.24, 2.45) is 5.92 Å². The standard InChI is InChI=1S/C19H38N4O2/c24-13-5-18-3-1-2-7-23(18)19-15-20-6-4-17(19)16-22-10-8-21(9-11-22)12-14-25/h17-20,24-25H,1-16H2. The fourth-order valence-corrected chi connectivity index (χ4v) is 5.08. The molecule has 3 fully saturated rings. The summed E-state index contributed by atoms with van der Waals surface area (Å²) >= 11 is 0. The van der Waals surface area contributed by atoms with Gasteiger partial charge in [-0.15, -0.1) is 0 Å². The van der Waals surface area contributed by atoms with Crippen molar-refractivity contribution in [3.05, 3.63) is 0 Å². The first kappa shape index (κ1) is 19.5. The molecular weight excluding hydrogens is 316 g/mol. The lowest BCUT2D eigenvalue weighted by Crippen LogP contribution is -2.59. The zero-order valence-electron chi connectivity index (χ0n) is 15.8. The highest BCUT2D eigenvalue weighted by Gasteiger charge is 2.36. The maximum Gasteiger partial charge on any atom is 0.0558 e. The maximum absolute atomic E-state index is 9.46. The number of nitrogens with zero attached hydrogens (tertiary/aromatic N) is 3. The minimum atomic E-state index is 0.275. The fourth-order valence-electron chi connectivity index (χ4n) is 5.08. The van der Waals surface area contributed by atoms with E-state index >= 15 is 0 Å². The molecule has 3 unspecified atom stereocenters. The van der Waals surface area contributed by atoms with Crippen molar-refractivity contribution < 1.29 is 10.2 Å². The van der Waals surface area contributed by atoms with Crippen LogP contribution in [0.25, 0.3) is 0 Å². The number of likely N-dealkylation sites (tertiary alicyclic amines) is 1. The van der Waals surface area contributed by atoms with Gasteiger partial charge in [0.1, 0.15) is 0 Å². The number of hydrogen-bond donors (Lipinski definition) is 3. The van der Waals surface area contributed by atoms with E-state index in [1.807, 2.05) is 0 Å². The van der Waals surface area contributed by atoms with Gasteiger partial charge >= 0.3 is 0 Å². The molecule has 0 aromatic carbocycles. The number of nitrogens with one attached hydrogen (secondary N) is 1. The first-order valence-electron chi connectivity index (χ1n) is 10.4. The van der Waals surface area contributed by atoms with E-state index in [4.69, 9.17) is 5.11 Å². The van der Waals surface area contributed by atoms with E-state index in [2.05, 4.69) is 20.0 Å². The fraction of sp³-hybridized carbons (Fsp3) is 1.00. The Kier molecular flexibility index (Phi) is 7.95. The molecule has 3 rings (SSSR count). The minimum Gasteiger partial charge on any atom is -0.396 e. The Morgan fingerprint density at radius 2 is 1.68 bits per heavy atom. The highest BCUT2D eigenvalue weighted by atomic mass is 16.3. The summed E-state index contributed by atoms with van der Waals surface area (Å²) in [7, 11) is 0. The molecule has 3 heterocycles. The second-order valence-electron chi connectivity index (χ2n) is 8.09. The molecule has 0 aliphatic carbocycles. The lowest BCUT2D eigenvalue weighted by Gasteiger charge is -2.48. The van der Waals surface area contributed by atoms with E-state index in [1.165, 1.54) is 38.8 Å². The molecule has 0 radical (unpaired) electrons. The van der Waals surface area contributed by atoms with Gasteiger partial charge in [-0.25, -0.2) is 0 Å². The Bertz CT molecular complexity index is 374. The van der Waals surface area contributed by atoms with E-state index in [0.717, 1.165) is 58.2 Å². The number of piperazine rings is 1. The second kappa shape index (κ2) is 10.2. The summed E-state index contributed by atoms with van der Waals surface area (Å²) in [4.78, 5) is 7.75. The van der Waals surface area contributed by atoms with Gasteiger partial charge in [-0.3, -0.25) is 9.80 Å². The lowest BCUT2D eigenvalue weighted by molar-refractivity contribution is 0.0158. The van der Waals surface area contributed by atoms with E-state index in [1.54, 1.807) is 0 Å². The summed E-state index contributed by atoms with van der Waals surface area (Å²) in [6, 6.07) is 1.20. The van der Waals surface area contributed by atoms with Gasteiger partial charge in [0.05, 0.1) is 6.61 Å². The smallest absolute Gasteiger partial charge is 0.0558 e. The first-order chi connectivity index (χ1) is 12.3. The molecule has 6 heteroatoms. The number of aliphatic hydroxyl groups excluding tert-OH is 2. The zero-order valence-corrected chi connectivity index (χ0v) is 15.8. The van der Waals surface area contributed by atoms with Crippen LogP contribution in [0, 0.1) is 5.92 Å². The number of aliphatic hydroxyl groups is 2. The predicted octanol–water partition coefficient (Wildman–Crippen LogP) is -0.189. The van der Waals surface area contributed by atoms with Crippen molar-refractivity contribution >= 4 is 0 Å². The van der Waals surface area contributed by atoms with E-state index in [-0.39, 0.29) is 6.61 Å². The SMILES string of the molecule is OCCC1CCCCN1C1CNCCC1CN1CCN(CCO)CC1. The van der Waals surface area contributed by atoms with Crippen LogP contribution in [-0.2, 0) is 0 Å². The molecule has 0 aromatic heterocycles. The van der Waals surface area contributed by atoms with Crippen LogP contribution in [0.2, 0.25) is 0 Å². The third-order valence-corrected chi connectivity index (χ3v) is 6.52. The van der Waals surface area contributed by atoms with Gasteiger partial charge in [-0.05, 0) is 44.7 Å². The molecule has 0 amide bonds. The first-order valence-corrected chi connectivity index (χ1v) is 10.4. The molecule has 0 spiro atoms. The summed E-state index contributed by atoms with van der Waals surface area (Å²) < 4.78 is 0. The summed E-state index contributed by atoms with van der Waals surface area (Å²) in [5.74, 6) is 0.741. The molecule has 0 aromatic rings. The molecular formula is C19H38N4O2. The molecule has 3 atom stereocenters. The van der Waals surface area contributed by atoms with E-state index < -0.39 is 0 Å². The van der Waals surface area contributed by atoms with Crippen LogP contribution in [0.1, 0.15) is 32.1 Å². The van der Waals surface area contributed by atoms with Crippen molar-refractivity contribution in [3.63, 3.8) is 0 Å². The average Bonchev–Trinajstić information content (AvgIpc) is 2.65. The van der Waals surface area contributed by atoms with Crippen molar-refractivity contribution in [3.8, 4) is 0 Å². The van der Waals surface area contributed by atoms with Crippen molar-refractivity contribution in [2.75, 3.05) is 72.1 Å². The van der Waals surface area contributed by atoms with Crippen LogP contribution in [0.15, 0.2) is 0 Å². The van der Waals surface area contributed by atoms with Gasteiger partial charge in [0.15, 0.2) is 0 Å². The molecule has 0 bridgehead atoms. The van der Waals surface area contributed by atoms with Gasteiger partial charge in [-0.2, -0.15) is 0 Å². The van der Waals surface area contributed by atoms with Crippen LogP contribution in [0.3, 0.4) is 0 Å². The lowest BCUT2D eigenvalue weighted by atomic mass is 9.87. The van der Waals surface area contributed by atoms with Crippen molar-refractivity contribution in [1.82, 2.24) is 20.0 Å². The summed E-state index contributed by atoms with van der Waals surface area (Å²) in [5, 5.41) is 22.2. The van der Waals surface area contributed by atoms with Crippen LogP contribution in [0.5, 0.6) is 0 Å². The van der Waals surface area contributed by atoms with E-state index in [0.29, 0.717) is 18.7 Å². The van der Waals surface area contributed by atoms with E-state index in [9.17, 15) is 5.11 Å². The molecule has 146 valence electrons. The Morgan fingerprint density at radius 3 is 2.44 bits per heavy atom. The van der Waals surface area contributed by atoms with Gasteiger partial charge in [0.2, 0.25) is 0 Å². The number of hydrogen-bond acceptors (Lipinski definition) is 6. The van der Waals surface area contributed by atoms with Gasteiger partial charge < -0.3 is 20.4 Å². The molecule has 3 aliphatic rings. The Hall–Kier alpha value is -0.240. The molecule has 25 heavy (non-hydrogen) atoms. The maximum atomic E-state index is 9.46. The molecule has 3 aliphatic heterocycles. The van der Waals surface area contributed by atoms with Gasteiger partial charge in [-0.1, -0.05) is 6.42 Å². The summed E-state index contributed by atoms with van der Waals surface area (Å²) in [6.07, 6.45) is 6.08. The van der Waals surface area contributed by atoms with Crippen molar-refractivity contribution in [1.29, 1.82) is 0 Å². The molecule has 3 saturated heterocycles. The second-order valence-corrected chi connectivity index (χ2v) is 8.09. The van der Waals surface area contributed by atoms with Crippen molar-refractivity contribution in [2.45, 2.75) is 44.2 Å². The Balaban J connectivity index is 1.55. The highest BCUT2D eigenvalue weighted by Crippen LogP contribution is 2.28. The summed E-state index contributed by atoms with van der Waals surface area (Å²) in [5.41, 5.74) is 0. The Labute approximate surface area is 153 Å². The minimum absolute atomic E-state index is 0.275. The Morgan fingerprint density at radius 1 is 0.880 bits per heavy atom. The van der Waals surface area contributed by atoms with Gasteiger partial charge in [0, 0.05) is 64.5 Å². The zero-order chi connectivity index (χ0) is 17.5. The average molecular weight is 355 g/mol. The normalized spacial score (nSPS) is 33.6. The highest BCUT2D eigenvalue weighted by molar-refractivity contribution is 4.92. The topological polar surface area (TPSA) is 62.2 Å². The monoisotopic (exact) mass is 354 g/mol. The third-order valence-electron chi connectivity index (χ3n) is 6.52. The number of rotatable bonds is 7. The van der Waals surface area contributed by atoms with Crippen LogP contribution in [0.4, 0.5) is 0 Å². The molecule has 0 saturated carbocycles. The van der Waals surface area contributed by atoms with Crippen LogP contribution >= 0.6 is 0 Å². The molecule has 3 N–H and O–H groups in total. The van der Waals surface area contributed by atoms with Gasteiger partial charge in [0.25, 0.3) is 0 Å². The quantitative estimate of drug-likeness (QED) is 0.589.